The zero-order chi connectivity index (χ0) is 23.5. The van der Waals surface area contributed by atoms with Crippen LogP contribution < -0.4 is 10.3 Å². The van der Waals surface area contributed by atoms with Crippen molar-refractivity contribution in [3.8, 4) is 5.75 Å². The van der Waals surface area contributed by atoms with E-state index in [4.69, 9.17) is 14.8 Å². The van der Waals surface area contributed by atoms with Gasteiger partial charge in [-0.1, -0.05) is 68.7 Å². The Morgan fingerprint density at radius 1 is 1.03 bits per heavy atom. The van der Waals surface area contributed by atoms with Crippen molar-refractivity contribution in [3.63, 3.8) is 0 Å². The first kappa shape index (κ1) is 22.3. The average molecular weight is 454 g/mol. The van der Waals surface area contributed by atoms with Gasteiger partial charge >= 0.3 is 0 Å². The molecule has 0 saturated heterocycles. The van der Waals surface area contributed by atoms with E-state index in [1.165, 1.54) is 11.1 Å². The third-order valence-corrected chi connectivity index (χ3v) is 6.89. The molecule has 0 radical (unpaired) electrons. The van der Waals surface area contributed by atoms with E-state index in [1.807, 2.05) is 42.5 Å². The van der Waals surface area contributed by atoms with E-state index >= 15 is 0 Å². The third kappa shape index (κ3) is 4.35. The third-order valence-electron chi connectivity index (χ3n) is 6.89. The minimum absolute atomic E-state index is 0.0798. The molecule has 1 atom stereocenters. The van der Waals surface area contributed by atoms with E-state index in [0.29, 0.717) is 5.39 Å². The van der Waals surface area contributed by atoms with Crippen LogP contribution in [0.3, 0.4) is 0 Å². The van der Waals surface area contributed by atoms with Gasteiger partial charge in [-0.05, 0) is 55.2 Å². The van der Waals surface area contributed by atoms with Crippen molar-refractivity contribution in [1.82, 2.24) is 9.66 Å². The summed E-state index contributed by atoms with van der Waals surface area (Å²) in [6, 6.07) is 19.8. The molecule has 4 aromatic rings. The Morgan fingerprint density at radius 3 is 2.56 bits per heavy atom. The predicted octanol–water partition coefficient (Wildman–Crippen LogP) is 6.66. The molecule has 1 aliphatic carbocycles. The van der Waals surface area contributed by atoms with Gasteiger partial charge in [0.25, 0.3) is 5.56 Å². The summed E-state index contributed by atoms with van der Waals surface area (Å²) in [5.74, 6) is 1.79. The van der Waals surface area contributed by atoms with Gasteiger partial charge in [0, 0.05) is 11.5 Å². The molecular weight excluding hydrogens is 422 g/mol. The van der Waals surface area contributed by atoms with E-state index in [1.54, 1.807) is 6.21 Å². The molecule has 1 aromatic heterocycles. The van der Waals surface area contributed by atoms with Crippen molar-refractivity contribution >= 4 is 27.9 Å². The highest BCUT2D eigenvalue weighted by Gasteiger charge is 2.22. The van der Waals surface area contributed by atoms with Gasteiger partial charge in [0.15, 0.2) is 0 Å². The zero-order valence-electron chi connectivity index (χ0n) is 19.9. The van der Waals surface area contributed by atoms with Crippen LogP contribution in [-0.2, 0) is 0 Å². The maximum absolute atomic E-state index is 13.6. The van der Waals surface area contributed by atoms with E-state index in [2.05, 4.69) is 32.0 Å². The van der Waals surface area contributed by atoms with Crippen LogP contribution in [0.25, 0.3) is 21.7 Å². The van der Waals surface area contributed by atoms with Crippen molar-refractivity contribution in [3.05, 3.63) is 82.4 Å². The van der Waals surface area contributed by atoms with Gasteiger partial charge in [0.1, 0.15) is 11.6 Å². The highest BCUT2D eigenvalue weighted by molar-refractivity contribution is 6.02. The van der Waals surface area contributed by atoms with Crippen LogP contribution in [-0.4, -0.2) is 22.0 Å². The Balaban J connectivity index is 1.68. The first-order chi connectivity index (χ1) is 16.7. The molecule has 1 aliphatic rings. The normalized spacial score (nSPS) is 15.8. The maximum atomic E-state index is 13.6. The van der Waals surface area contributed by atoms with E-state index < -0.39 is 0 Å². The van der Waals surface area contributed by atoms with Crippen LogP contribution in [0.1, 0.15) is 69.7 Å². The molecule has 0 unspecified atom stereocenters. The second-order valence-corrected chi connectivity index (χ2v) is 9.22. The van der Waals surface area contributed by atoms with Crippen molar-refractivity contribution in [1.29, 1.82) is 0 Å². The number of rotatable bonds is 6. The lowest BCUT2D eigenvalue weighted by molar-refractivity contribution is 0.217. The van der Waals surface area contributed by atoms with Gasteiger partial charge in [0.2, 0.25) is 0 Å². The molecule has 1 fully saturated rings. The van der Waals surface area contributed by atoms with Crippen molar-refractivity contribution in [2.45, 2.75) is 64.4 Å². The summed E-state index contributed by atoms with van der Waals surface area (Å²) in [5, 5.41) is 7.53. The van der Waals surface area contributed by atoms with Crippen LogP contribution in [0.15, 0.2) is 70.6 Å². The Kier molecular flexibility index (Phi) is 6.43. The summed E-state index contributed by atoms with van der Waals surface area (Å²) < 4.78 is 7.78. The second-order valence-electron chi connectivity index (χ2n) is 9.22. The minimum Gasteiger partial charge on any atom is -0.490 e. The number of hydrogen-bond acceptors (Lipinski definition) is 4. The number of para-hydroxylation sites is 1. The van der Waals surface area contributed by atoms with Crippen LogP contribution in [0, 0.1) is 0 Å². The van der Waals surface area contributed by atoms with Gasteiger partial charge in [-0.15, -0.1) is 0 Å². The standard InChI is InChI=1S/C29H31N3O2/c1-3-20(2)34-27-18-17-21-11-7-8-14-23(21)25(27)19-30-32-28(22-12-5-4-6-13-22)31-26-16-10-9-15-24(26)29(32)33/h7-11,14-20,22H,3-6,12-13H2,1-2H3/t20-/m1/s1. The fourth-order valence-corrected chi connectivity index (χ4v) is 4.80. The Morgan fingerprint density at radius 2 is 1.76 bits per heavy atom. The number of aromatic nitrogens is 2. The fourth-order valence-electron chi connectivity index (χ4n) is 4.80. The first-order valence-corrected chi connectivity index (χ1v) is 12.4. The lowest BCUT2D eigenvalue weighted by atomic mass is 9.88. The quantitative estimate of drug-likeness (QED) is 0.307. The zero-order valence-corrected chi connectivity index (χ0v) is 19.9. The molecule has 174 valence electrons. The monoisotopic (exact) mass is 453 g/mol. The Hall–Kier alpha value is -3.47. The molecule has 0 spiro atoms. The summed E-state index contributed by atoms with van der Waals surface area (Å²) in [6.45, 7) is 4.17. The number of fused-ring (bicyclic) bond motifs is 2. The number of ether oxygens (including phenoxy) is 1. The minimum atomic E-state index is -0.118. The van der Waals surface area contributed by atoms with Crippen LogP contribution >= 0.6 is 0 Å². The van der Waals surface area contributed by atoms with Crippen molar-refractivity contribution in [2.24, 2.45) is 5.10 Å². The molecule has 34 heavy (non-hydrogen) atoms. The van der Waals surface area contributed by atoms with Gasteiger partial charge < -0.3 is 4.74 Å². The Labute approximate surface area is 200 Å². The molecular formula is C29H31N3O2. The van der Waals surface area contributed by atoms with Gasteiger partial charge in [-0.2, -0.15) is 9.78 Å². The lowest BCUT2D eigenvalue weighted by Crippen LogP contribution is -2.25. The van der Waals surface area contributed by atoms with Gasteiger partial charge in [0.05, 0.1) is 23.2 Å². The highest BCUT2D eigenvalue weighted by atomic mass is 16.5. The van der Waals surface area contributed by atoms with Gasteiger partial charge in [-0.25, -0.2) is 4.98 Å². The number of hydrogen-bond donors (Lipinski definition) is 0. The Bertz CT molecular complexity index is 1400. The van der Waals surface area contributed by atoms with E-state index in [-0.39, 0.29) is 17.6 Å². The maximum Gasteiger partial charge on any atom is 0.282 e. The van der Waals surface area contributed by atoms with Crippen molar-refractivity contribution < 1.29 is 4.74 Å². The van der Waals surface area contributed by atoms with Gasteiger partial charge in [-0.3, -0.25) is 4.79 Å². The molecule has 5 heteroatoms. The molecule has 0 bridgehead atoms. The molecule has 1 saturated carbocycles. The lowest BCUT2D eigenvalue weighted by Gasteiger charge is -2.23. The summed E-state index contributed by atoms with van der Waals surface area (Å²) in [5.41, 5.74) is 1.51. The van der Waals surface area contributed by atoms with E-state index in [0.717, 1.165) is 65.5 Å². The summed E-state index contributed by atoms with van der Waals surface area (Å²) in [6.07, 6.45) is 8.41. The fraction of sp³-hybridized carbons (Fsp3) is 0.345. The second kappa shape index (κ2) is 9.80. The average Bonchev–Trinajstić information content (AvgIpc) is 2.89. The molecule has 0 N–H and O–H groups in total. The summed E-state index contributed by atoms with van der Waals surface area (Å²) >= 11 is 0. The number of benzene rings is 3. The molecule has 0 amide bonds. The van der Waals surface area contributed by atoms with E-state index in [9.17, 15) is 4.79 Å². The largest absolute Gasteiger partial charge is 0.490 e. The predicted molar refractivity (Wildman–Crippen MR) is 139 cm³/mol. The van der Waals surface area contributed by atoms with Crippen LogP contribution in [0.5, 0.6) is 5.75 Å². The molecule has 3 aromatic carbocycles. The number of nitrogens with zero attached hydrogens (tertiary/aromatic N) is 3. The summed E-state index contributed by atoms with van der Waals surface area (Å²) in [4.78, 5) is 18.5. The van der Waals surface area contributed by atoms with Crippen molar-refractivity contribution in [2.75, 3.05) is 0 Å². The molecule has 5 nitrogen and oxygen atoms in total. The molecule has 5 rings (SSSR count). The smallest absolute Gasteiger partial charge is 0.282 e. The SMILES string of the molecule is CC[C@@H](C)Oc1ccc2ccccc2c1C=Nn1c(C2CCCCC2)nc2ccccc2c1=O. The highest BCUT2D eigenvalue weighted by Crippen LogP contribution is 2.32. The topological polar surface area (TPSA) is 56.5 Å². The van der Waals surface area contributed by atoms with Crippen LogP contribution in [0.4, 0.5) is 0 Å². The summed E-state index contributed by atoms with van der Waals surface area (Å²) in [7, 11) is 0. The molecule has 1 heterocycles. The van der Waals surface area contributed by atoms with Crippen LogP contribution in [0.2, 0.25) is 0 Å². The molecule has 0 aliphatic heterocycles. The first-order valence-electron chi connectivity index (χ1n) is 12.4.